The van der Waals surface area contributed by atoms with E-state index in [1.54, 1.807) is 36.5 Å². The molecule has 2 aromatic heterocycles. The molecule has 0 aliphatic heterocycles. The molecule has 0 radical (unpaired) electrons. The zero-order chi connectivity index (χ0) is 18.8. The van der Waals surface area contributed by atoms with Crippen LogP contribution in [-0.4, -0.2) is 27.0 Å². The molecule has 2 aromatic carbocycles. The van der Waals surface area contributed by atoms with Gasteiger partial charge < -0.3 is 19.2 Å². The first-order chi connectivity index (χ1) is 13.1. The lowest BCUT2D eigenvalue weighted by Crippen LogP contribution is -1.97. The Morgan fingerprint density at radius 2 is 1.85 bits per heavy atom. The third-order valence-corrected chi connectivity index (χ3v) is 4.22. The first-order valence-corrected chi connectivity index (χ1v) is 8.33. The van der Waals surface area contributed by atoms with Gasteiger partial charge in [0.25, 0.3) is 0 Å². The first kappa shape index (κ1) is 16.7. The molecule has 0 fully saturated rings. The third-order valence-electron chi connectivity index (χ3n) is 4.22. The highest BCUT2D eigenvalue weighted by molar-refractivity contribution is 6.00. The standard InChI is InChI=1S/C21H16N2O4/c24-16-7-5-15(6-8-16)22-11-14-12-23(19-4-2-1-3-18(14)19)13-17-9-10-20(27-17)21(25)26/h1-12,24H,13H2,(H,25,26). The fourth-order valence-corrected chi connectivity index (χ4v) is 2.94. The molecule has 0 unspecified atom stereocenters. The van der Waals surface area contributed by atoms with Crippen LogP contribution in [0.25, 0.3) is 10.9 Å². The van der Waals surface area contributed by atoms with Crippen LogP contribution in [0.5, 0.6) is 5.75 Å². The second-order valence-corrected chi connectivity index (χ2v) is 6.08. The summed E-state index contributed by atoms with van der Waals surface area (Å²) in [5.41, 5.74) is 2.67. The number of carboxylic acid groups (broad SMARTS) is 1. The van der Waals surface area contributed by atoms with Crippen molar-refractivity contribution in [2.75, 3.05) is 0 Å². The molecule has 0 atom stereocenters. The van der Waals surface area contributed by atoms with Crippen molar-refractivity contribution in [3.8, 4) is 5.75 Å². The molecule has 134 valence electrons. The predicted octanol–water partition coefficient (Wildman–Crippen LogP) is 4.44. The molecule has 0 saturated heterocycles. The number of aromatic carboxylic acids is 1. The highest BCUT2D eigenvalue weighted by atomic mass is 16.4. The number of para-hydroxylation sites is 1. The van der Waals surface area contributed by atoms with E-state index >= 15 is 0 Å². The summed E-state index contributed by atoms with van der Waals surface area (Å²) >= 11 is 0. The van der Waals surface area contributed by atoms with Gasteiger partial charge in [-0.05, 0) is 42.5 Å². The summed E-state index contributed by atoms with van der Waals surface area (Å²) in [7, 11) is 0. The topological polar surface area (TPSA) is 88.0 Å². The minimum atomic E-state index is -1.08. The number of nitrogens with zero attached hydrogens (tertiary/aromatic N) is 2. The molecule has 4 aromatic rings. The summed E-state index contributed by atoms with van der Waals surface area (Å²) < 4.78 is 7.37. The molecule has 0 aliphatic carbocycles. The molecule has 0 amide bonds. The van der Waals surface area contributed by atoms with Crippen molar-refractivity contribution in [2.24, 2.45) is 4.99 Å². The van der Waals surface area contributed by atoms with Crippen LogP contribution in [0.15, 0.2) is 76.3 Å². The van der Waals surface area contributed by atoms with Gasteiger partial charge in [-0.3, -0.25) is 4.99 Å². The first-order valence-electron chi connectivity index (χ1n) is 8.33. The molecule has 6 heteroatoms. The Kier molecular flexibility index (Phi) is 4.22. The Hall–Kier alpha value is -3.80. The van der Waals surface area contributed by atoms with Crippen molar-refractivity contribution in [1.82, 2.24) is 4.57 Å². The van der Waals surface area contributed by atoms with E-state index in [0.717, 1.165) is 22.2 Å². The maximum Gasteiger partial charge on any atom is 0.371 e. The third kappa shape index (κ3) is 3.46. The predicted molar refractivity (Wildman–Crippen MR) is 102 cm³/mol. The number of benzene rings is 2. The van der Waals surface area contributed by atoms with Crippen molar-refractivity contribution in [2.45, 2.75) is 6.54 Å². The smallest absolute Gasteiger partial charge is 0.371 e. The molecular weight excluding hydrogens is 344 g/mol. The van der Waals surface area contributed by atoms with Gasteiger partial charge in [-0.25, -0.2) is 4.79 Å². The number of carbonyl (C=O) groups is 1. The summed E-state index contributed by atoms with van der Waals surface area (Å²) in [4.78, 5) is 15.5. The molecule has 0 saturated carbocycles. The van der Waals surface area contributed by atoms with Crippen molar-refractivity contribution < 1.29 is 19.4 Å². The normalized spacial score (nSPS) is 11.4. The Morgan fingerprint density at radius 3 is 2.59 bits per heavy atom. The number of fused-ring (bicyclic) bond motifs is 1. The average Bonchev–Trinajstić information content (AvgIpc) is 3.27. The van der Waals surface area contributed by atoms with Crippen LogP contribution >= 0.6 is 0 Å². The van der Waals surface area contributed by atoms with Gasteiger partial charge in [-0.2, -0.15) is 0 Å². The van der Waals surface area contributed by atoms with Crippen LogP contribution < -0.4 is 0 Å². The van der Waals surface area contributed by atoms with Gasteiger partial charge in [0.1, 0.15) is 11.5 Å². The minimum Gasteiger partial charge on any atom is -0.508 e. The summed E-state index contributed by atoms with van der Waals surface area (Å²) in [6.45, 7) is 0.418. The van der Waals surface area contributed by atoms with E-state index in [4.69, 9.17) is 9.52 Å². The van der Waals surface area contributed by atoms with Crippen LogP contribution in [0.3, 0.4) is 0 Å². The summed E-state index contributed by atoms with van der Waals surface area (Å²) in [5.74, 6) is -0.393. The molecule has 4 rings (SSSR count). The van der Waals surface area contributed by atoms with E-state index in [1.165, 1.54) is 6.07 Å². The lowest BCUT2D eigenvalue weighted by atomic mass is 10.2. The highest BCUT2D eigenvalue weighted by Gasteiger charge is 2.12. The fraction of sp³-hybridized carbons (Fsp3) is 0.0476. The Bertz CT molecular complexity index is 1140. The SMILES string of the molecule is O=C(O)c1ccc(Cn2cc(C=Nc3ccc(O)cc3)c3ccccc32)o1. The van der Waals surface area contributed by atoms with E-state index < -0.39 is 5.97 Å². The number of carboxylic acids is 1. The van der Waals surface area contributed by atoms with Gasteiger partial charge in [0, 0.05) is 28.9 Å². The van der Waals surface area contributed by atoms with E-state index in [-0.39, 0.29) is 11.5 Å². The number of hydrogen-bond donors (Lipinski definition) is 2. The number of rotatable bonds is 5. The second-order valence-electron chi connectivity index (χ2n) is 6.08. The average molecular weight is 360 g/mol. The van der Waals surface area contributed by atoms with Crippen LogP contribution in [0, 0.1) is 0 Å². The molecule has 0 bridgehead atoms. The highest BCUT2D eigenvalue weighted by Crippen LogP contribution is 2.23. The van der Waals surface area contributed by atoms with E-state index in [0.29, 0.717) is 12.3 Å². The van der Waals surface area contributed by atoms with E-state index in [9.17, 15) is 9.90 Å². The Labute approximate surface area is 154 Å². The maximum absolute atomic E-state index is 11.0. The van der Waals surface area contributed by atoms with E-state index in [2.05, 4.69) is 4.99 Å². The molecule has 27 heavy (non-hydrogen) atoms. The van der Waals surface area contributed by atoms with Gasteiger partial charge in [-0.1, -0.05) is 18.2 Å². The van der Waals surface area contributed by atoms with Crippen molar-refractivity contribution >= 4 is 28.8 Å². The number of hydrogen-bond acceptors (Lipinski definition) is 4. The number of aromatic nitrogens is 1. The van der Waals surface area contributed by atoms with Gasteiger partial charge >= 0.3 is 5.97 Å². The summed E-state index contributed by atoms with van der Waals surface area (Å²) in [5, 5.41) is 19.4. The summed E-state index contributed by atoms with van der Waals surface area (Å²) in [6, 6.07) is 17.7. The monoisotopic (exact) mass is 360 g/mol. The largest absolute Gasteiger partial charge is 0.508 e. The molecule has 2 N–H and O–H groups in total. The van der Waals surface area contributed by atoms with Gasteiger partial charge in [-0.15, -0.1) is 0 Å². The lowest BCUT2D eigenvalue weighted by molar-refractivity contribution is 0.0660. The number of furan rings is 1. The van der Waals surface area contributed by atoms with Crippen LogP contribution in [0.2, 0.25) is 0 Å². The van der Waals surface area contributed by atoms with Gasteiger partial charge in [0.2, 0.25) is 5.76 Å². The van der Waals surface area contributed by atoms with Crippen molar-refractivity contribution in [1.29, 1.82) is 0 Å². The molecular formula is C21H16N2O4. The molecule has 0 aliphatic rings. The number of aromatic hydroxyl groups is 1. The lowest BCUT2D eigenvalue weighted by Gasteiger charge is -2.02. The van der Waals surface area contributed by atoms with Crippen molar-refractivity contribution in [3.05, 3.63) is 83.9 Å². The zero-order valence-electron chi connectivity index (χ0n) is 14.2. The van der Waals surface area contributed by atoms with Crippen LogP contribution in [0.4, 0.5) is 5.69 Å². The fourth-order valence-electron chi connectivity index (χ4n) is 2.94. The molecule has 2 heterocycles. The molecule has 6 nitrogen and oxygen atoms in total. The number of phenolic OH excluding ortho intramolecular Hbond substituents is 1. The summed E-state index contributed by atoms with van der Waals surface area (Å²) in [6.07, 6.45) is 3.73. The molecule has 0 spiro atoms. The zero-order valence-corrected chi connectivity index (χ0v) is 14.2. The van der Waals surface area contributed by atoms with E-state index in [1.807, 2.05) is 35.0 Å². The van der Waals surface area contributed by atoms with Crippen LogP contribution in [0.1, 0.15) is 21.9 Å². The van der Waals surface area contributed by atoms with Gasteiger partial charge in [0.15, 0.2) is 0 Å². The van der Waals surface area contributed by atoms with Crippen LogP contribution in [-0.2, 0) is 6.54 Å². The Balaban J connectivity index is 1.67. The van der Waals surface area contributed by atoms with Gasteiger partial charge in [0.05, 0.1) is 12.2 Å². The Morgan fingerprint density at radius 1 is 1.07 bits per heavy atom. The van der Waals surface area contributed by atoms with Crippen molar-refractivity contribution in [3.63, 3.8) is 0 Å². The second kappa shape index (κ2) is 6.84. The number of phenols is 1. The maximum atomic E-state index is 11.0. The minimum absolute atomic E-state index is 0.0735. The quantitative estimate of drug-likeness (QED) is 0.515. The number of aliphatic imine (C=N–C) groups is 1.